The van der Waals surface area contributed by atoms with Crippen LogP contribution in [0.25, 0.3) is 0 Å². The molecular formula is C29H28N2O5. The van der Waals surface area contributed by atoms with Crippen molar-refractivity contribution in [1.29, 1.82) is 0 Å². The second-order valence-corrected chi connectivity index (χ2v) is 9.56. The van der Waals surface area contributed by atoms with E-state index in [1.807, 2.05) is 64.4 Å². The predicted molar refractivity (Wildman–Crippen MR) is 134 cm³/mol. The van der Waals surface area contributed by atoms with E-state index in [1.54, 1.807) is 14.0 Å². The maximum atomic E-state index is 13.8. The fraction of sp³-hybridized carbons (Fsp3) is 0.310. The van der Waals surface area contributed by atoms with Crippen LogP contribution in [0.4, 0.5) is 0 Å². The molecule has 1 saturated heterocycles. The van der Waals surface area contributed by atoms with Gasteiger partial charge in [0.15, 0.2) is 11.5 Å². The first kappa shape index (κ1) is 22.5. The first-order valence-corrected chi connectivity index (χ1v) is 12.2. The molecule has 3 unspecified atom stereocenters. The second kappa shape index (κ2) is 8.90. The van der Waals surface area contributed by atoms with Gasteiger partial charge in [0.25, 0.3) is 5.91 Å². The van der Waals surface area contributed by atoms with E-state index in [0.717, 1.165) is 16.7 Å². The number of benzene rings is 3. The summed E-state index contributed by atoms with van der Waals surface area (Å²) >= 11 is 0. The lowest BCUT2D eigenvalue weighted by Crippen LogP contribution is -2.64. The number of piperazine rings is 1. The Balaban J connectivity index is 1.44. The molecule has 0 aliphatic carbocycles. The number of rotatable bonds is 4. The van der Waals surface area contributed by atoms with Crippen molar-refractivity contribution in [3.63, 3.8) is 0 Å². The lowest BCUT2D eigenvalue weighted by Gasteiger charge is -2.51. The molecule has 184 valence electrons. The highest BCUT2D eigenvalue weighted by Gasteiger charge is 2.47. The summed E-state index contributed by atoms with van der Waals surface area (Å²) in [6.45, 7) is 2.69. The molecular weight excluding hydrogens is 456 g/mol. The average molecular weight is 485 g/mol. The summed E-state index contributed by atoms with van der Waals surface area (Å²) in [5, 5.41) is 0. The maximum Gasteiger partial charge on any atom is 0.254 e. The van der Waals surface area contributed by atoms with Gasteiger partial charge in [-0.1, -0.05) is 48.5 Å². The van der Waals surface area contributed by atoms with Gasteiger partial charge in [0.1, 0.15) is 0 Å². The highest BCUT2D eigenvalue weighted by Crippen LogP contribution is 2.47. The van der Waals surface area contributed by atoms with Crippen LogP contribution in [-0.4, -0.2) is 60.7 Å². The molecule has 3 aromatic carbocycles. The van der Waals surface area contributed by atoms with E-state index in [9.17, 15) is 9.59 Å². The molecule has 6 rings (SSSR count). The van der Waals surface area contributed by atoms with Gasteiger partial charge in [0, 0.05) is 31.5 Å². The van der Waals surface area contributed by atoms with Crippen LogP contribution >= 0.6 is 0 Å². The van der Waals surface area contributed by atoms with Gasteiger partial charge in [-0.15, -0.1) is 0 Å². The quantitative estimate of drug-likeness (QED) is 0.563. The summed E-state index contributed by atoms with van der Waals surface area (Å²) in [7, 11) is 1.61. The number of hydrogen-bond acceptors (Lipinski definition) is 5. The fourth-order valence-electron chi connectivity index (χ4n) is 5.93. The highest BCUT2D eigenvalue weighted by atomic mass is 16.7. The van der Waals surface area contributed by atoms with Crippen molar-refractivity contribution in [3.05, 3.63) is 89.0 Å². The van der Waals surface area contributed by atoms with Gasteiger partial charge in [0.05, 0.1) is 19.2 Å². The minimum absolute atomic E-state index is 0.0147. The monoisotopic (exact) mass is 484 g/mol. The Kier molecular flexibility index (Phi) is 5.55. The van der Waals surface area contributed by atoms with Crippen molar-refractivity contribution in [2.75, 3.05) is 27.0 Å². The van der Waals surface area contributed by atoms with E-state index < -0.39 is 0 Å². The minimum Gasteiger partial charge on any atom is -0.493 e. The Morgan fingerprint density at radius 1 is 1.03 bits per heavy atom. The van der Waals surface area contributed by atoms with Crippen LogP contribution in [-0.2, 0) is 11.2 Å². The maximum absolute atomic E-state index is 13.8. The molecule has 0 saturated carbocycles. The normalized spacial score (nSPS) is 22.2. The van der Waals surface area contributed by atoms with Gasteiger partial charge in [-0.2, -0.15) is 0 Å². The summed E-state index contributed by atoms with van der Waals surface area (Å²) in [5.74, 6) is 1.70. The summed E-state index contributed by atoms with van der Waals surface area (Å²) in [5.41, 5.74) is 3.77. The van der Waals surface area contributed by atoms with Crippen LogP contribution < -0.4 is 14.2 Å². The number of amides is 2. The first-order chi connectivity index (χ1) is 17.5. The van der Waals surface area contributed by atoms with Gasteiger partial charge in [-0.05, 0) is 41.3 Å². The molecule has 0 aromatic heterocycles. The molecule has 3 atom stereocenters. The van der Waals surface area contributed by atoms with Crippen molar-refractivity contribution in [2.24, 2.45) is 0 Å². The summed E-state index contributed by atoms with van der Waals surface area (Å²) in [4.78, 5) is 30.5. The molecule has 3 aliphatic heterocycles. The van der Waals surface area contributed by atoms with Gasteiger partial charge in [-0.25, -0.2) is 0 Å². The van der Waals surface area contributed by atoms with Crippen LogP contribution in [0.5, 0.6) is 17.2 Å². The van der Waals surface area contributed by atoms with Gasteiger partial charge in [-0.3, -0.25) is 9.59 Å². The van der Waals surface area contributed by atoms with Crippen molar-refractivity contribution >= 4 is 11.8 Å². The third kappa shape index (κ3) is 3.66. The summed E-state index contributed by atoms with van der Waals surface area (Å²) < 4.78 is 16.9. The minimum atomic E-state index is -0.214. The summed E-state index contributed by atoms with van der Waals surface area (Å²) in [6, 6.07) is 21.5. The topological polar surface area (TPSA) is 68.3 Å². The number of methoxy groups -OCH3 is 1. The number of hydrogen-bond donors (Lipinski definition) is 0. The molecule has 0 spiro atoms. The molecule has 3 aliphatic rings. The number of carbonyl (C=O) groups excluding carboxylic acids is 2. The third-order valence-electron chi connectivity index (χ3n) is 7.56. The van der Waals surface area contributed by atoms with Crippen LogP contribution in [0, 0.1) is 0 Å². The number of fused-ring (bicyclic) bond motifs is 3. The molecule has 1 fully saturated rings. The zero-order valence-electron chi connectivity index (χ0n) is 20.3. The molecule has 7 heteroatoms. The van der Waals surface area contributed by atoms with E-state index in [4.69, 9.17) is 14.2 Å². The lowest BCUT2D eigenvalue weighted by atomic mass is 9.76. The van der Waals surface area contributed by atoms with E-state index in [2.05, 4.69) is 12.1 Å². The van der Waals surface area contributed by atoms with Crippen LogP contribution in [0.2, 0.25) is 0 Å². The number of nitrogens with zero attached hydrogens (tertiary/aromatic N) is 2. The molecule has 0 bridgehead atoms. The average Bonchev–Trinajstić information content (AvgIpc) is 3.38. The Morgan fingerprint density at radius 3 is 2.58 bits per heavy atom. The van der Waals surface area contributed by atoms with E-state index >= 15 is 0 Å². The van der Waals surface area contributed by atoms with Crippen LogP contribution in [0.15, 0.2) is 66.7 Å². The van der Waals surface area contributed by atoms with Crippen LogP contribution in [0.1, 0.15) is 39.9 Å². The molecule has 7 nitrogen and oxygen atoms in total. The predicted octanol–water partition coefficient (Wildman–Crippen LogP) is 3.85. The molecule has 36 heavy (non-hydrogen) atoms. The first-order valence-electron chi connectivity index (χ1n) is 12.2. The molecule has 3 heterocycles. The Labute approximate surface area is 210 Å². The molecule has 0 N–H and O–H groups in total. The van der Waals surface area contributed by atoms with Crippen LogP contribution in [0.3, 0.4) is 0 Å². The molecule has 0 radical (unpaired) electrons. The van der Waals surface area contributed by atoms with E-state index in [1.165, 1.54) is 0 Å². The van der Waals surface area contributed by atoms with Gasteiger partial charge in [0.2, 0.25) is 18.4 Å². The largest absolute Gasteiger partial charge is 0.493 e. The summed E-state index contributed by atoms with van der Waals surface area (Å²) in [6.07, 6.45) is 0.696. The standard InChI is InChI=1S/C29H28N2O5/c1-18(32)30-16-24-27(20-13-25(34-2)28-26(14-20)35-17-36-28)22-10-6-7-11-23(22)29(33)31(24)15-21(30)12-19-8-4-3-5-9-19/h3-11,13-14,21,24,27H,12,15-17H2,1-2H3. The smallest absolute Gasteiger partial charge is 0.254 e. The van der Waals surface area contributed by atoms with Crippen molar-refractivity contribution < 1.29 is 23.8 Å². The van der Waals surface area contributed by atoms with Crippen molar-refractivity contribution in [1.82, 2.24) is 9.80 Å². The van der Waals surface area contributed by atoms with Crippen molar-refractivity contribution in [2.45, 2.75) is 31.3 Å². The Hall–Kier alpha value is -4.00. The van der Waals surface area contributed by atoms with E-state index in [0.29, 0.717) is 42.3 Å². The van der Waals surface area contributed by atoms with Gasteiger partial charge >= 0.3 is 0 Å². The zero-order chi connectivity index (χ0) is 24.8. The van der Waals surface area contributed by atoms with Crippen molar-refractivity contribution in [3.8, 4) is 17.2 Å². The lowest BCUT2D eigenvalue weighted by molar-refractivity contribution is -0.135. The second-order valence-electron chi connectivity index (χ2n) is 9.56. The zero-order valence-corrected chi connectivity index (χ0v) is 20.3. The SMILES string of the molecule is COc1cc(C2c3ccccc3C(=O)N3CC(Cc4ccccc4)N(C(C)=O)CC23)cc2c1OCO2. The number of ether oxygens (including phenoxy) is 3. The fourth-order valence-corrected chi connectivity index (χ4v) is 5.93. The molecule has 3 aromatic rings. The highest BCUT2D eigenvalue weighted by molar-refractivity contribution is 5.98. The Bertz CT molecular complexity index is 1320. The molecule has 2 amide bonds. The third-order valence-corrected chi connectivity index (χ3v) is 7.56. The van der Waals surface area contributed by atoms with E-state index in [-0.39, 0.29) is 36.6 Å². The van der Waals surface area contributed by atoms with Gasteiger partial charge < -0.3 is 24.0 Å². The Morgan fingerprint density at radius 2 is 1.81 bits per heavy atom. The number of carbonyl (C=O) groups is 2.